The van der Waals surface area contributed by atoms with Gasteiger partial charge < -0.3 is 18.9 Å². The van der Waals surface area contributed by atoms with Gasteiger partial charge in [-0.2, -0.15) is 0 Å². The summed E-state index contributed by atoms with van der Waals surface area (Å²) in [6.07, 6.45) is 51.1. The quantitative estimate of drug-likeness (QED) is 0.0214. The fraction of sp³-hybridized carbons (Fsp3) is 0.941. The van der Waals surface area contributed by atoms with Crippen molar-refractivity contribution in [3.8, 4) is 0 Å². The maximum atomic E-state index is 12.8. The van der Waals surface area contributed by atoms with Crippen LogP contribution in [-0.4, -0.2) is 75.6 Å². The van der Waals surface area contributed by atoms with E-state index in [1.54, 1.807) is 0 Å². The molecule has 0 spiro atoms. The number of esters is 1. The average Bonchev–Trinajstić information content (AvgIpc) is 3.20. The van der Waals surface area contributed by atoms with Crippen molar-refractivity contribution >= 4 is 13.8 Å². The third-order valence-corrected chi connectivity index (χ3v) is 12.6. The SMILES string of the molecule is CCCCCCCCC/C=C\CCCCCCCCCC(=O)OC(COCCCCCCCCCCCCCCCCCCCCCC)COP(=O)(O)OCC[N+](C)(C)C. The number of ether oxygens (including phenoxy) is 2. The van der Waals surface area contributed by atoms with E-state index in [9.17, 15) is 14.3 Å². The van der Waals surface area contributed by atoms with E-state index >= 15 is 0 Å². The molecular formula is C51H103NO7P+. The standard InChI is InChI=1S/C51H102NO7P/c1-6-8-10-12-14-16-18-20-22-24-26-27-29-31-33-35-37-39-41-43-46-56-48-50(49-58-60(54,55)57-47-45-52(3,4)5)59-51(53)44-42-40-38-36-34-32-30-28-25-23-21-19-17-15-13-11-9-7-2/h23,25,50H,6-22,24,26-49H2,1-5H3/p+1/b25-23-. The van der Waals surface area contributed by atoms with Crippen LogP contribution in [-0.2, 0) is 27.9 Å². The van der Waals surface area contributed by atoms with Gasteiger partial charge in [0.2, 0.25) is 0 Å². The summed E-state index contributed by atoms with van der Waals surface area (Å²) in [6.45, 7) is 5.68. The summed E-state index contributed by atoms with van der Waals surface area (Å²) in [5, 5.41) is 0. The maximum absolute atomic E-state index is 12.8. The molecule has 0 rings (SSSR count). The van der Waals surface area contributed by atoms with E-state index in [1.807, 2.05) is 21.1 Å². The van der Waals surface area contributed by atoms with Gasteiger partial charge in [0.25, 0.3) is 0 Å². The number of hydrogen-bond donors (Lipinski definition) is 1. The Morgan fingerprint density at radius 3 is 1.27 bits per heavy atom. The molecule has 8 nitrogen and oxygen atoms in total. The zero-order chi connectivity index (χ0) is 44.1. The first-order valence-corrected chi connectivity index (χ1v) is 27.4. The van der Waals surface area contributed by atoms with Crippen LogP contribution in [0.5, 0.6) is 0 Å². The van der Waals surface area contributed by atoms with Gasteiger partial charge in [-0.3, -0.25) is 13.8 Å². The zero-order valence-electron chi connectivity index (χ0n) is 40.7. The average molecular weight is 873 g/mol. The summed E-state index contributed by atoms with van der Waals surface area (Å²) >= 11 is 0. The molecule has 0 saturated carbocycles. The molecule has 0 fully saturated rings. The molecule has 1 N–H and O–H groups in total. The van der Waals surface area contributed by atoms with Crippen molar-refractivity contribution in [1.82, 2.24) is 0 Å². The van der Waals surface area contributed by atoms with Crippen LogP contribution in [0.25, 0.3) is 0 Å². The van der Waals surface area contributed by atoms with Crippen molar-refractivity contribution in [2.45, 2.75) is 258 Å². The minimum Gasteiger partial charge on any atom is -0.457 e. The number of allylic oxidation sites excluding steroid dienone is 2. The van der Waals surface area contributed by atoms with E-state index < -0.39 is 13.9 Å². The molecule has 0 aromatic heterocycles. The number of phosphoric ester groups is 1. The third kappa shape index (κ3) is 48.3. The summed E-state index contributed by atoms with van der Waals surface area (Å²) in [4.78, 5) is 23.0. The van der Waals surface area contributed by atoms with Crippen molar-refractivity contribution in [3.05, 3.63) is 12.2 Å². The van der Waals surface area contributed by atoms with E-state index in [0.29, 0.717) is 24.1 Å². The molecule has 0 bridgehead atoms. The molecule has 0 aromatic carbocycles. The molecule has 0 amide bonds. The van der Waals surface area contributed by atoms with Gasteiger partial charge in [-0.05, 0) is 38.5 Å². The number of nitrogens with zero attached hydrogens (tertiary/aromatic N) is 1. The zero-order valence-corrected chi connectivity index (χ0v) is 41.6. The van der Waals surface area contributed by atoms with E-state index in [0.717, 1.165) is 32.1 Å². The van der Waals surface area contributed by atoms with E-state index in [4.69, 9.17) is 18.5 Å². The van der Waals surface area contributed by atoms with Crippen molar-refractivity contribution in [1.29, 1.82) is 0 Å². The molecule has 2 unspecified atom stereocenters. The van der Waals surface area contributed by atoms with Crippen LogP contribution in [0.4, 0.5) is 0 Å². The molecule has 0 aromatic rings. The van der Waals surface area contributed by atoms with Crippen LogP contribution in [0.3, 0.4) is 0 Å². The highest BCUT2D eigenvalue weighted by molar-refractivity contribution is 7.47. The largest absolute Gasteiger partial charge is 0.472 e. The lowest BCUT2D eigenvalue weighted by Gasteiger charge is -2.24. The van der Waals surface area contributed by atoms with Crippen molar-refractivity contribution in [3.63, 3.8) is 0 Å². The molecule has 9 heteroatoms. The van der Waals surface area contributed by atoms with Crippen molar-refractivity contribution < 1.29 is 37.3 Å². The summed E-state index contributed by atoms with van der Waals surface area (Å²) < 4.78 is 35.2. The first kappa shape index (κ1) is 59.2. The molecule has 0 saturated heterocycles. The minimum absolute atomic E-state index is 0.0913. The second-order valence-corrected chi connectivity index (χ2v) is 20.4. The van der Waals surface area contributed by atoms with Gasteiger partial charge in [0.05, 0.1) is 34.4 Å². The van der Waals surface area contributed by atoms with Gasteiger partial charge in [-0.15, -0.1) is 0 Å². The number of hydrogen-bond acceptors (Lipinski definition) is 6. The first-order chi connectivity index (χ1) is 29.1. The Morgan fingerprint density at radius 1 is 0.500 bits per heavy atom. The molecular weight excluding hydrogens is 770 g/mol. The minimum atomic E-state index is -4.28. The number of rotatable bonds is 49. The molecule has 0 radical (unpaired) electrons. The van der Waals surface area contributed by atoms with Crippen LogP contribution in [0, 0.1) is 0 Å². The topological polar surface area (TPSA) is 91.3 Å². The predicted octanol–water partition coefficient (Wildman–Crippen LogP) is 15.8. The van der Waals surface area contributed by atoms with Gasteiger partial charge in [0, 0.05) is 13.0 Å². The Balaban J connectivity index is 4.10. The molecule has 0 aliphatic rings. The predicted molar refractivity (Wildman–Crippen MR) is 257 cm³/mol. The summed E-state index contributed by atoms with van der Waals surface area (Å²) in [6, 6.07) is 0. The number of quaternary nitrogens is 1. The van der Waals surface area contributed by atoms with Gasteiger partial charge in [-0.1, -0.05) is 219 Å². The van der Waals surface area contributed by atoms with E-state index in [2.05, 4.69) is 26.0 Å². The Morgan fingerprint density at radius 2 is 0.867 bits per heavy atom. The lowest BCUT2D eigenvalue weighted by molar-refractivity contribution is -0.870. The number of carbonyl (C=O) groups is 1. The van der Waals surface area contributed by atoms with E-state index in [1.165, 1.54) is 199 Å². The molecule has 60 heavy (non-hydrogen) atoms. The van der Waals surface area contributed by atoms with Crippen LogP contribution in [0.15, 0.2) is 12.2 Å². The monoisotopic (exact) mass is 873 g/mol. The number of unbranched alkanes of at least 4 members (excludes halogenated alkanes) is 33. The van der Waals surface area contributed by atoms with Gasteiger partial charge in [-0.25, -0.2) is 4.57 Å². The van der Waals surface area contributed by atoms with Crippen molar-refractivity contribution in [2.24, 2.45) is 0 Å². The van der Waals surface area contributed by atoms with Crippen LogP contribution < -0.4 is 0 Å². The highest BCUT2D eigenvalue weighted by Crippen LogP contribution is 2.43. The van der Waals surface area contributed by atoms with Crippen LogP contribution in [0.1, 0.15) is 251 Å². The molecule has 2 atom stereocenters. The van der Waals surface area contributed by atoms with Gasteiger partial charge in [0.1, 0.15) is 19.3 Å². The lowest BCUT2D eigenvalue weighted by Crippen LogP contribution is -2.37. The summed E-state index contributed by atoms with van der Waals surface area (Å²) in [5.74, 6) is -0.312. The maximum Gasteiger partial charge on any atom is 0.472 e. The summed E-state index contributed by atoms with van der Waals surface area (Å²) in [7, 11) is 1.68. The Labute approximate surface area is 373 Å². The van der Waals surface area contributed by atoms with E-state index in [-0.39, 0.29) is 25.8 Å². The smallest absolute Gasteiger partial charge is 0.457 e. The van der Waals surface area contributed by atoms with Crippen LogP contribution in [0.2, 0.25) is 0 Å². The molecule has 0 aliphatic heterocycles. The Hall–Kier alpha value is -0.760. The van der Waals surface area contributed by atoms with Gasteiger partial charge in [0.15, 0.2) is 0 Å². The van der Waals surface area contributed by atoms with Gasteiger partial charge >= 0.3 is 13.8 Å². The number of likely N-dealkylation sites (N-methyl/N-ethyl adjacent to an activating group) is 1. The number of phosphoric acid groups is 1. The molecule has 0 aliphatic carbocycles. The normalized spacial score (nSPS) is 13.6. The van der Waals surface area contributed by atoms with Crippen molar-refractivity contribution in [2.75, 3.05) is 54.1 Å². The lowest BCUT2D eigenvalue weighted by atomic mass is 10.0. The highest BCUT2D eigenvalue weighted by Gasteiger charge is 2.26. The second kappa shape index (κ2) is 44.8. The Kier molecular flexibility index (Phi) is 44.3. The second-order valence-electron chi connectivity index (χ2n) is 18.9. The number of carbonyl (C=O) groups excluding carboxylic acids is 1. The van der Waals surface area contributed by atoms with Crippen LogP contribution >= 0.6 is 7.82 Å². The molecule has 358 valence electrons. The third-order valence-electron chi connectivity index (χ3n) is 11.6. The first-order valence-electron chi connectivity index (χ1n) is 25.9. The highest BCUT2D eigenvalue weighted by atomic mass is 31.2. The Bertz CT molecular complexity index is 972. The molecule has 0 heterocycles. The fourth-order valence-electron chi connectivity index (χ4n) is 7.55. The summed E-state index contributed by atoms with van der Waals surface area (Å²) in [5.41, 5.74) is 0. The fourth-order valence-corrected chi connectivity index (χ4v) is 8.29.